The number of amides is 1. The first kappa shape index (κ1) is 16.4. The summed E-state index contributed by atoms with van der Waals surface area (Å²) in [5, 5.41) is 4.17. The van der Waals surface area contributed by atoms with E-state index in [1.807, 2.05) is 40.0 Å². The molecule has 0 saturated carbocycles. The number of thiophene rings is 1. The normalized spacial score (nSPS) is 11.2. The smallest absolute Gasteiger partial charge is 0.264 e. The van der Waals surface area contributed by atoms with Crippen molar-refractivity contribution in [2.45, 2.75) is 33.4 Å². The van der Waals surface area contributed by atoms with Crippen molar-refractivity contribution in [3.63, 3.8) is 0 Å². The van der Waals surface area contributed by atoms with Gasteiger partial charge in [-0.3, -0.25) is 4.79 Å². The van der Waals surface area contributed by atoms with E-state index < -0.39 is 0 Å². The van der Waals surface area contributed by atoms with Crippen molar-refractivity contribution in [1.82, 2.24) is 14.9 Å². The Morgan fingerprint density at radius 1 is 1.42 bits per heavy atom. The average molecular weight is 344 g/mol. The van der Waals surface area contributed by atoms with Crippen molar-refractivity contribution < 1.29 is 9.21 Å². The van der Waals surface area contributed by atoms with Crippen LogP contribution in [-0.2, 0) is 6.54 Å². The van der Waals surface area contributed by atoms with Gasteiger partial charge >= 0.3 is 0 Å². The summed E-state index contributed by atoms with van der Waals surface area (Å²) < 4.78 is 5.33. The molecule has 0 saturated heterocycles. The van der Waals surface area contributed by atoms with Gasteiger partial charge in [-0.05, 0) is 38.5 Å². The number of anilines is 1. The predicted molar refractivity (Wildman–Crippen MR) is 95.4 cm³/mol. The third-order valence-corrected chi connectivity index (χ3v) is 5.21. The van der Waals surface area contributed by atoms with Gasteiger partial charge in [0.05, 0.1) is 23.1 Å². The van der Waals surface area contributed by atoms with Crippen LogP contribution in [0, 0.1) is 6.92 Å². The first-order valence-electron chi connectivity index (χ1n) is 7.76. The fourth-order valence-electron chi connectivity index (χ4n) is 2.39. The summed E-state index contributed by atoms with van der Waals surface area (Å²) in [6.45, 7) is 6.47. The van der Waals surface area contributed by atoms with Crippen molar-refractivity contribution in [3.8, 4) is 0 Å². The minimum atomic E-state index is 0.0162. The molecule has 1 N–H and O–H groups in total. The second kappa shape index (κ2) is 6.60. The van der Waals surface area contributed by atoms with Gasteiger partial charge in [0.2, 0.25) is 0 Å². The number of carbonyl (C=O) groups is 1. The number of hydrogen-bond acceptors (Lipinski definition) is 6. The molecule has 3 aromatic heterocycles. The van der Waals surface area contributed by atoms with Crippen LogP contribution < -0.4 is 5.32 Å². The number of furan rings is 1. The van der Waals surface area contributed by atoms with Crippen LogP contribution in [-0.4, -0.2) is 33.9 Å². The van der Waals surface area contributed by atoms with Crippen LogP contribution in [0.2, 0.25) is 0 Å². The van der Waals surface area contributed by atoms with Gasteiger partial charge in [-0.1, -0.05) is 0 Å². The zero-order valence-electron chi connectivity index (χ0n) is 14.2. The molecule has 0 radical (unpaired) electrons. The molecule has 0 bridgehead atoms. The van der Waals surface area contributed by atoms with Gasteiger partial charge in [0.15, 0.2) is 0 Å². The maximum absolute atomic E-state index is 12.7. The van der Waals surface area contributed by atoms with E-state index in [-0.39, 0.29) is 11.9 Å². The molecular formula is C17H20N4O2S. The molecule has 3 aromatic rings. The number of nitrogens with one attached hydrogen (secondary N) is 1. The van der Waals surface area contributed by atoms with Crippen LogP contribution in [0.3, 0.4) is 0 Å². The van der Waals surface area contributed by atoms with E-state index in [1.165, 1.54) is 17.7 Å². The summed E-state index contributed by atoms with van der Waals surface area (Å²) in [6.07, 6.45) is 3.16. The first-order chi connectivity index (χ1) is 11.5. The molecule has 6 nitrogen and oxygen atoms in total. The highest BCUT2D eigenvalue weighted by molar-refractivity contribution is 7.20. The van der Waals surface area contributed by atoms with Gasteiger partial charge in [0.25, 0.3) is 5.91 Å². The summed E-state index contributed by atoms with van der Waals surface area (Å²) in [7, 11) is 1.82. The predicted octanol–water partition coefficient (Wildman–Crippen LogP) is 3.69. The minimum Gasteiger partial charge on any atom is -0.467 e. The monoisotopic (exact) mass is 344 g/mol. The van der Waals surface area contributed by atoms with E-state index >= 15 is 0 Å². The molecule has 0 unspecified atom stereocenters. The zero-order chi connectivity index (χ0) is 17.3. The molecule has 7 heteroatoms. The molecule has 0 aliphatic heterocycles. The van der Waals surface area contributed by atoms with E-state index in [1.54, 1.807) is 11.2 Å². The largest absolute Gasteiger partial charge is 0.467 e. The summed E-state index contributed by atoms with van der Waals surface area (Å²) in [5.74, 6) is 1.56. The number of hydrogen-bond donors (Lipinski definition) is 1. The lowest BCUT2D eigenvalue weighted by atomic mass is 10.2. The lowest BCUT2D eigenvalue weighted by molar-refractivity contribution is 0.0759. The standard InChI is InChI=1S/C17H20N4O2S/c1-10(2)21(4)17(22)14-11(3)13-15(19-9-20-16(13)24-14)18-8-12-6-5-7-23-12/h5-7,9-10H,8H2,1-4H3,(H,18,19,20). The molecule has 0 aliphatic carbocycles. The quantitative estimate of drug-likeness (QED) is 0.764. The highest BCUT2D eigenvalue weighted by atomic mass is 32.1. The molecule has 0 aromatic carbocycles. The molecule has 0 aliphatic rings. The van der Waals surface area contributed by atoms with Gasteiger partial charge in [-0.2, -0.15) is 0 Å². The zero-order valence-corrected chi connectivity index (χ0v) is 15.0. The summed E-state index contributed by atoms with van der Waals surface area (Å²) in [5.41, 5.74) is 0.912. The summed E-state index contributed by atoms with van der Waals surface area (Å²) in [6, 6.07) is 3.89. The first-order valence-corrected chi connectivity index (χ1v) is 8.58. The average Bonchev–Trinajstić information content (AvgIpc) is 3.20. The number of nitrogens with zero attached hydrogens (tertiary/aromatic N) is 3. The molecule has 0 spiro atoms. The second-order valence-corrected chi connectivity index (χ2v) is 6.90. The van der Waals surface area contributed by atoms with Gasteiger partial charge < -0.3 is 14.6 Å². The third kappa shape index (κ3) is 2.99. The number of carbonyl (C=O) groups excluding carboxylic acids is 1. The highest BCUT2D eigenvalue weighted by Crippen LogP contribution is 2.34. The highest BCUT2D eigenvalue weighted by Gasteiger charge is 2.23. The maximum Gasteiger partial charge on any atom is 0.264 e. The lowest BCUT2D eigenvalue weighted by Crippen LogP contribution is -2.32. The summed E-state index contributed by atoms with van der Waals surface area (Å²) in [4.78, 5) is 24.6. The topological polar surface area (TPSA) is 71.3 Å². The molecule has 0 atom stereocenters. The van der Waals surface area contributed by atoms with Gasteiger partial charge in [-0.25, -0.2) is 9.97 Å². The Morgan fingerprint density at radius 2 is 2.21 bits per heavy atom. The van der Waals surface area contributed by atoms with Gasteiger partial charge in [0.1, 0.15) is 22.7 Å². The molecule has 0 fully saturated rings. The number of aromatic nitrogens is 2. The Bertz CT molecular complexity index is 855. The van der Waals surface area contributed by atoms with E-state index in [9.17, 15) is 4.79 Å². The third-order valence-electron chi connectivity index (χ3n) is 4.03. The van der Waals surface area contributed by atoms with E-state index in [0.29, 0.717) is 11.4 Å². The molecule has 1 amide bonds. The Balaban J connectivity index is 1.96. The van der Waals surface area contributed by atoms with E-state index in [4.69, 9.17) is 4.42 Å². The number of aryl methyl sites for hydroxylation is 1. The van der Waals surface area contributed by atoms with Gasteiger partial charge in [0, 0.05) is 13.1 Å². The second-order valence-electron chi connectivity index (χ2n) is 5.90. The van der Waals surface area contributed by atoms with Crippen LogP contribution >= 0.6 is 11.3 Å². The van der Waals surface area contributed by atoms with Crippen molar-refractivity contribution >= 4 is 33.3 Å². The SMILES string of the molecule is Cc1c(C(=O)N(C)C(C)C)sc2ncnc(NCc3ccco3)c12. The van der Waals surface area contributed by atoms with Crippen molar-refractivity contribution in [2.75, 3.05) is 12.4 Å². The van der Waals surface area contributed by atoms with Crippen molar-refractivity contribution in [1.29, 1.82) is 0 Å². The fourth-order valence-corrected chi connectivity index (χ4v) is 3.52. The van der Waals surface area contributed by atoms with Crippen molar-refractivity contribution in [3.05, 3.63) is 40.9 Å². The Labute approximate surface area is 144 Å². The lowest BCUT2D eigenvalue weighted by Gasteiger charge is -2.20. The summed E-state index contributed by atoms with van der Waals surface area (Å²) >= 11 is 1.41. The molecule has 24 heavy (non-hydrogen) atoms. The van der Waals surface area contributed by atoms with Crippen LogP contribution in [0.1, 0.15) is 34.8 Å². The van der Waals surface area contributed by atoms with Crippen LogP contribution in [0.4, 0.5) is 5.82 Å². The van der Waals surface area contributed by atoms with Crippen LogP contribution in [0.25, 0.3) is 10.2 Å². The Morgan fingerprint density at radius 3 is 2.88 bits per heavy atom. The number of fused-ring (bicyclic) bond motifs is 1. The molecule has 3 rings (SSSR count). The van der Waals surface area contributed by atoms with Gasteiger partial charge in [-0.15, -0.1) is 11.3 Å². The molecule has 3 heterocycles. The Kier molecular flexibility index (Phi) is 4.53. The van der Waals surface area contributed by atoms with E-state index in [2.05, 4.69) is 15.3 Å². The maximum atomic E-state index is 12.7. The van der Waals surface area contributed by atoms with Crippen LogP contribution in [0.15, 0.2) is 29.1 Å². The Hall–Kier alpha value is -2.41. The van der Waals surface area contributed by atoms with E-state index in [0.717, 1.165) is 27.4 Å². The fraction of sp³-hybridized carbons (Fsp3) is 0.353. The molecule has 126 valence electrons. The number of rotatable bonds is 5. The minimum absolute atomic E-state index is 0.0162. The van der Waals surface area contributed by atoms with Crippen LogP contribution in [0.5, 0.6) is 0 Å². The molecular weight excluding hydrogens is 324 g/mol. The van der Waals surface area contributed by atoms with Crippen molar-refractivity contribution in [2.24, 2.45) is 0 Å².